The Morgan fingerprint density at radius 3 is 2.64 bits per heavy atom. The molecule has 0 heterocycles. The number of hydrogen-bond acceptors (Lipinski definition) is 5. The number of benzene rings is 1. The maximum atomic E-state index is 13.6. The summed E-state index contributed by atoms with van der Waals surface area (Å²) in [4.78, 5) is 28.5. The smallest absolute Gasteiger partial charge is 0.322 e. The highest BCUT2D eigenvalue weighted by molar-refractivity contribution is 6.31. The van der Waals surface area contributed by atoms with Crippen molar-refractivity contribution in [3.8, 4) is 5.75 Å². The zero-order valence-electron chi connectivity index (χ0n) is 12.1. The fraction of sp³-hybridized carbons (Fsp3) is 0.400. The molecule has 1 unspecified atom stereocenters. The quantitative estimate of drug-likeness (QED) is 0.349. The van der Waals surface area contributed by atoms with Gasteiger partial charge in [-0.2, -0.15) is 0 Å². The zero-order chi connectivity index (χ0) is 16.3. The highest BCUT2D eigenvalue weighted by Crippen LogP contribution is 2.29. The fourth-order valence-corrected chi connectivity index (χ4v) is 2.01. The van der Waals surface area contributed by atoms with Crippen LogP contribution in [-0.4, -0.2) is 38.2 Å². The second-order valence-corrected chi connectivity index (χ2v) is 5.27. The van der Waals surface area contributed by atoms with E-state index in [1.54, 1.807) is 0 Å². The van der Waals surface area contributed by atoms with Crippen LogP contribution in [0, 0.1) is 11.7 Å². The van der Waals surface area contributed by atoms with Crippen molar-refractivity contribution >= 4 is 29.6 Å². The maximum Gasteiger partial charge on any atom is 0.322 e. The van der Waals surface area contributed by atoms with E-state index in [-0.39, 0.29) is 22.4 Å². The second-order valence-electron chi connectivity index (χ2n) is 4.86. The summed E-state index contributed by atoms with van der Waals surface area (Å²) in [5.41, 5.74) is -0.0814. The molecule has 0 amide bonds. The summed E-state index contributed by atoms with van der Waals surface area (Å²) >= 11 is 5.67. The van der Waals surface area contributed by atoms with Gasteiger partial charge in [0.2, 0.25) is 0 Å². The van der Waals surface area contributed by atoms with E-state index in [1.807, 2.05) is 0 Å². The second kappa shape index (κ2) is 6.87. The Morgan fingerprint density at radius 1 is 1.41 bits per heavy atom. The van der Waals surface area contributed by atoms with E-state index in [0.717, 1.165) is 18.9 Å². The molecule has 1 saturated carbocycles. The molecule has 0 saturated heterocycles. The molecule has 0 bridgehead atoms. The third-order valence-electron chi connectivity index (χ3n) is 3.24. The largest absolute Gasteiger partial charge is 0.496 e. The van der Waals surface area contributed by atoms with Gasteiger partial charge >= 0.3 is 5.97 Å². The van der Waals surface area contributed by atoms with Gasteiger partial charge in [0.1, 0.15) is 11.6 Å². The first-order valence-corrected chi connectivity index (χ1v) is 7.04. The van der Waals surface area contributed by atoms with Gasteiger partial charge in [-0.25, -0.2) is 4.39 Å². The van der Waals surface area contributed by atoms with Crippen molar-refractivity contribution in [2.24, 2.45) is 10.9 Å². The molecule has 1 atom stereocenters. The molecule has 0 spiro atoms. The molecule has 0 aliphatic heterocycles. The maximum absolute atomic E-state index is 13.6. The van der Waals surface area contributed by atoms with Crippen molar-refractivity contribution in [2.75, 3.05) is 14.2 Å². The van der Waals surface area contributed by atoms with Crippen LogP contribution < -0.4 is 4.74 Å². The number of aliphatic imine (C=N–C) groups is 1. The normalized spacial score (nSPS) is 15.6. The molecule has 0 aromatic heterocycles. The Morgan fingerprint density at radius 2 is 2.09 bits per heavy atom. The van der Waals surface area contributed by atoms with Gasteiger partial charge in [0.15, 0.2) is 11.7 Å². The number of ether oxygens (including phenoxy) is 2. The third kappa shape index (κ3) is 3.62. The highest BCUT2D eigenvalue weighted by atomic mass is 35.5. The van der Waals surface area contributed by atoms with Crippen molar-refractivity contribution in [3.63, 3.8) is 0 Å². The number of ketones is 1. The molecule has 1 aromatic rings. The average molecular weight is 328 g/mol. The summed E-state index contributed by atoms with van der Waals surface area (Å²) in [5.74, 6) is -3.32. The minimum atomic E-state index is -1.24. The molecule has 22 heavy (non-hydrogen) atoms. The van der Waals surface area contributed by atoms with Crippen LogP contribution in [0.15, 0.2) is 17.1 Å². The van der Waals surface area contributed by atoms with Gasteiger partial charge in [-0.3, -0.25) is 14.6 Å². The van der Waals surface area contributed by atoms with Crippen LogP contribution in [0.1, 0.15) is 23.2 Å². The lowest BCUT2D eigenvalue weighted by Gasteiger charge is -2.13. The molecule has 1 aliphatic carbocycles. The molecule has 1 aliphatic rings. The van der Waals surface area contributed by atoms with Gasteiger partial charge in [-0.1, -0.05) is 11.6 Å². The van der Waals surface area contributed by atoms with Crippen LogP contribution >= 0.6 is 11.6 Å². The molecular formula is C15H15ClFNO4. The van der Waals surface area contributed by atoms with Crippen LogP contribution in [-0.2, 0) is 9.53 Å². The van der Waals surface area contributed by atoms with Crippen LogP contribution in [0.25, 0.3) is 0 Å². The van der Waals surface area contributed by atoms with E-state index >= 15 is 0 Å². The summed E-state index contributed by atoms with van der Waals surface area (Å²) in [6.07, 6.45) is 3.12. The third-order valence-corrected chi connectivity index (χ3v) is 3.53. The van der Waals surface area contributed by atoms with Crippen LogP contribution in [0.3, 0.4) is 0 Å². The van der Waals surface area contributed by atoms with Crippen molar-refractivity contribution < 1.29 is 23.5 Å². The summed E-state index contributed by atoms with van der Waals surface area (Å²) < 4.78 is 23.3. The topological polar surface area (TPSA) is 65.0 Å². The number of Topliss-reactive ketones (excluding diaryl/α,β-unsaturated/α-hetero) is 1. The van der Waals surface area contributed by atoms with Gasteiger partial charge < -0.3 is 9.47 Å². The number of methoxy groups -OCH3 is 2. The molecule has 5 nitrogen and oxygen atoms in total. The number of rotatable bonds is 6. The lowest BCUT2D eigenvalue weighted by molar-refractivity contribution is -0.141. The first kappa shape index (κ1) is 16.4. The van der Waals surface area contributed by atoms with E-state index in [9.17, 15) is 14.0 Å². The molecule has 1 fully saturated rings. The number of esters is 1. The monoisotopic (exact) mass is 327 g/mol. The Labute approximate surface area is 132 Å². The molecule has 7 heteroatoms. The zero-order valence-corrected chi connectivity index (χ0v) is 12.9. The van der Waals surface area contributed by atoms with Crippen molar-refractivity contribution in [1.29, 1.82) is 0 Å². The summed E-state index contributed by atoms with van der Waals surface area (Å²) in [6.45, 7) is 0. The van der Waals surface area contributed by atoms with E-state index in [0.29, 0.717) is 0 Å². The molecule has 0 radical (unpaired) electrons. The number of hydrogen-bond donors (Lipinski definition) is 0. The summed E-state index contributed by atoms with van der Waals surface area (Å²) in [7, 11) is 2.50. The van der Waals surface area contributed by atoms with Gasteiger partial charge in [0.25, 0.3) is 0 Å². The summed E-state index contributed by atoms with van der Waals surface area (Å²) in [5, 5.41) is -0.172. The lowest BCUT2D eigenvalue weighted by atomic mass is 9.97. The Hall–Kier alpha value is -1.95. The SMILES string of the molecule is COC(=O)C(C=NC1CC1)C(=O)c1cc(F)c(Cl)cc1OC. The lowest BCUT2D eigenvalue weighted by Crippen LogP contribution is -2.27. The Kier molecular flexibility index (Phi) is 5.13. The van der Waals surface area contributed by atoms with Crippen LogP contribution in [0.4, 0.5) is 4.39 Å². The van der Waals surface area contributed by atoms with E-state index in [2.05, 4.69) is 9.73 Å². The van der Waals surface area contributed by atoms with E-state index in [1.165, 1.54) is 26.5 Å². The van der Waals surface area contributed by atoms with Crippen molar-refractivity contribution in [3.05, 3.63) is 28.5 Å². The molecule has 2 rings (SSSR count). The average Bonchev–Trinajstić information content (AvgIpc) is 3.33. The predicted octanol–water partition coefficient (Wildman–Crippen LogP) is 2.69. The van der Waals surface area contributed by atoms with Gasteiger partial charge in [0.05, 0.1) is 24.8 Å². The molecule has 118 valence electrons. The fourth-order valence-electron chi connectivity index (χ4n) is 1.85. The molecule has 1 aromatic carbocycles. The first-order chi connectivity index (χ1) is 10.5. The number of carbonyl (C=O) groups excluding carboxylic acids is 2. The standard InChI is InChI=1S/C15H15ClFNO4/c1-21-13-6-11(16)12(17)5-9(13)14(19)10(15(20)22-2)7-18-8-3-4-8/h5-8,10H,3-4H2,1-2H3. The molecular weight excluding hydrogens is 313 g/mol. The number of nitrogens with zero attached hydrogens (tertiary/aromatic N) is 1. The van der Waals surface area contributed by atoms with Crippen LogP contribution in [0.2, 0.25) is 5.02 Å². The highest BCUT2D eigenvalue weighted by Gasteiger charge is 2.31. The van der Waals surface area contributed by atoms with Gasteiger partial charge in [-0.15, -0.1) is 0 Å². The summed E-state index contributed by atoms with van der Waals surface area (Å²) in [6, 6.07) is 2.28. The van der Waals surface area contributed by atoms with Crippen molar-refractivity contribution in [1.82, 2.24) is 0 Å². The van der Waals surface area contributed by atoms with Crippen molar-refractivity contribution in [2.45, 2.75) is 18.9 Å². The van der Waals surface area contributed by atoms with Gasteiger partial charge in [-0.05, 0) is 18.9 Å². The number of halogens is 2. The van der Waals surface area contributed by atoms with Crippen LogP contribution in [0.5, 0.6) is 5.75 Å². The predicted molar refractivity (Wildman–Crippen MR) is 79.3 cm³/mol. The van der Waals surface area contributed by atoms with Gasteiger partial charge in [0, 0.05) is 18.3 Å². The van der Waals surface area contributed by atoms with E-state index < -0.39 is 23.5 Å². The minimum absolute atomic E-state index is 0.0814. The first-order valence-electron chi connectivity index (χ1n) is 6.66. The Balaban J connectivity index is 2.37. The molecule has 0 N–H and O–H groups in total. The Bertz CT molecular complexity index is 628. The minimum Gasteiger partial charge on any atom is -0.496 e. The van der Waals surface area contributed by atoms with E-state index in [4.69, 9.17) is 16.3 Å². The number of carbonyl (C=O) groups is 2.